The molecule has 7 heteroatoms. The quantitative estimate of drug-likeness (QED) is 0.927. The summed E-state index contributed by atoms with van der Waals surface area (Å²) in [6, 6.07) is 5.26. The first-order chi connectivity index (χ1) is 9.00. The highest BCUT2D eigenvalue weighted by molar-refractivity contribution is 5.31. The molecule has 0 aliphatic carbocycles. The van der Waals surface area contributed by atoms with E-state index >= 15 is 0 Å². The van der Waals surface area contributed by atoms with E-state index in [9.17, 15) is 13.2 Å². The van der Waals surface area contributed by atoms with Gasteiger partial charge in [0.05, 0.1) is 18.6 Å². The van der Waals surface area contributed by atoms with Gasteiger partial charge < -0.3 is 9.63 Å². The number of benzene rings is 1. The van der Waals surface area contributed by atoms with Crippen LogP contribution in [0.1, 0.15) is 22.8 Å². The van der Waals surface area contributed by atoms with Gasteiger partial charge in [0.1, 0.15) is 0 Å². The summed E-state index contributed by atoms with van der Waals surface area (Å²) in [7, 11) is 0. The summed E-state index contributed by atoms with van der Waals surface area (Å²) in [4.78, 5) is 3.91. The van der Waals surface area contributed by atoms with Gasteiger partial charge in [0.2, 0.25) is 5.89 Å². The minimum absolute atomic E-state index is 0.0649. The van der Waals surface area contributed by atoms with Crippen LogP contribution in [0.3, 0.4) is 0 Å². The molecule has 1 aromatic heterocycles. The van der Waals surface area contributed by atoms with Crippen LogP contribution in [0.2, 0.25) is 0 Å². The molecule has 0 saturated carbocycles. The van der Waals surface area contributed by atoms with Crippen molar-refractivity contribution in [3.63, 3.8) is 0 Å². The van der Waals surface area contributed by atoms with E-state index in [-0.39, 0.29) is 36.7 Å². The van der Waals surface area contributed by atoms with Gasteiger partial charge in [0.25, 0.3) is 0 Å². The van der Waals surface area contributed by atoms with E-state index in [1.54, 1.807) is 0 Å². The zero-order valence-electron chi connectivity index (χ0n) is 9.81. The lowest BCUT2D eigenvalue weighted by molar-refractivity contribution is -0.138. The molecule has 0 bridgehead atoms. The molecular formula is C12H11F3N2O2. The maximum absolute atomic E-state index is 12.8. The number of hydrogen-bond acceptors (Lipinski definition) is 4. The van der Waals surface area contributed by atoms with Crippen LogP contribution in [-0.4, -0.2) is 21.9 Å². The third-order valence-electron chi connectivity index (χ3n) is 2.51. The zero-order valence-corrected chi connectivity index (χ0v) is 9.81. The van der Waals surface area contributed by atoms with E-state index in [0.29, 0.717) is 0 Å². The van der Waals surface area contributed by atoms with Gasteiger partial charge in [-0.1, -0.05) is 23.4 Å². The van der Waals surface area contributed by atoms with Crippen molar-refractivity contribution in [2.45, 2.75) is 19.0 Å². The Balaban J connectivity index is 2.23. The number of halogens is 3. The topological polar surface area (TPSA) is 59.2 Å². The number of hydrogen-bond donors (Lipinski definition) is 1. The number of alkyl halides is 3. The summed E-state index contributed by atoms with van der Waals surface area (Å²) in [6.07, 6.45) is -4.28. The molecule has 102 valence electrons. The first-order valence-electron chi connectivity index (χ1n) is 5.58. The fourth-order valence-corrected chi connectivity index (χ4v) is 1.68. The van der Waals surface area contributed by atoms with Crippen molar-refractivity contribution in [3.05, 3.63) is 47.1 Å². The highest BCUT2D eigenvalue weighted by Gasteiger charge is 2.33. The predicted octanol–water partition coefficient (Wildman–Crippen LogP) is 2.21. The second-order valence-electron chi connectivity index (χ2n) is 3.91. The summed E-state index contributed by atoms with van der Waals surface area (Å²) < 4.78 is 43.1. The van der Waals surface area contributed by atoms with Crippen LogP contribution in [0, 0.1) is 0 Å². The van der Waals surface area contributed by atoms with Crippen LogP contribution in [-0.2, 0) is 19.0 Å². The molecule has 0 aliphatic heterocycles. The SMILES string of the molecule is OCCc1nc(Cc2ccccc2C(F)(F)F)no1. The Labute approximate surface area is 106 Å². The molecule has 0 atom stereocenters. The van der Waals surface area contributed by atoms with Gasteiger partial charge in [-0.15, -0.1) is 0 Å². The van der Waals surface area contributed by atoms with Gasteiger partial charge in [-0.05, 0) is 11.6 Å². The van der Waals surface area contributed by atoms with E-state index in [4.69, 9.17) is 9.63 Å². The van der Waals surface area contributed by atoms with Crippen LogP contribution in [0.15, 0.2) is 28.8 Å². The molecule has 1 aromatic carbocycles. The van der Waals surface area contributed by atoms with Gasteiger partial charge in [0.15, 0.2) is 5.82 Å². The first kappa shape index (κ1) is 13.5. The largest absolute Gasteiger partial charge is 0.416 e. The lowest BCUT2D eigenvalue weighted by atomic mass is 10.0. The third kappa shape index (κ3) is 3.31. The molecule has 1 heterocycles. The molecule has 2 aromatic rings. The number of nitrogens with zero attached hydrogens (tertiary/aromatic N) is 2. The lowest BCUT2D eigenvalue weighted by Crippen LogP contribution is -2.09. The van der Waals surface area contributed by atoms with Crippen molar-refractivity contribution in [2.24, 2.45) is 0 Å². The van der Waals surface area contributed by atoms with Gasteiger partial charge in [0, 0.05) is 6.42 Å². The zero-order chi connectivity index (χ0) is 13.9. The monoisotopic (exact) mass is 272 g/mol. The Bertz CT molecular complexity index is 552. The minimum Gasteiger partial charge on any atom is -0.396 e. The molecule has 0 aliphatic rings. The Morgan fingerprint density at radius 1 is 1.21 bits per heavy atom. The molecule has 0 saturated heterocycles. The van der Waals surface area contributed by atoms with Crippen LogP contribution < -0.4 is 0 Å². The summed E-state index contributed by atoms with van der Waals surface area (Å²) in [5.41, 5.74) is -0.616. The smallest absolute Gasteiger partial charge is 0.396 e. The Morgan fingerprint density at radius 3 is 2.63 bits per heavy atom. The first-order valence-corrected chi connectivity index (χ1v) is 5.58. The molecule has 0 fully saturated rings. The minimum atomic E-state index is -4.41. The van der Waals surface area contributed by atoms with Gasteiger partial charge in [-0.25, -0.2) is 0 Å². The van der Waals surface area contributed by atoms with Crippen LogP contribution in [0.5, 0.6) is 0 Å². The molecule has 2 rings (SSSR count). The molecule has 0 amide bonds. The third-order valence-corrected chi connectivity index (χ3v) is 2.51. The standard InChI is InChI=1S/C12H11F3N2O2/c13-12(14,15)9-4-2-1-3-8(9)7-10-16-11(5-6-18)19-17-10/h1-4,18H,5-7H2. The summed E-state index contributed by atoms with van der Waals surface area (Å²) in [6.45, 7) is -0.152. The lowest BCUT2D eigenvalue weighted by Gasteiger charge is -2.10. The molecule has 0 unspecified atom stereocenters. The fraction of sp³-hybridized carbons (Fsp3) is 0.333. The highest BCUT2D eigenvalue weighted by Crippen LogP contribution is 2.32. The number of aliphatic hydroxyl groups excluding tert-OH is 1. The van der Waals surface area contributed by atoms with Crippen molar-refractivity contribution in [3.8, 4) is 0 Å². The maximum atomic E-state index is 12.8. The average Bonchev–Trinajstić information content (AvgIpc) is 2.76. The Morgan fingerprint density at radius 2 is 1.95 bits per heavy atom. The molecule has 4 nitrogen and oxygen atoms in total. The van der Waals surface area contributed by atoms with Gasteiger partial charge in [-0.2, -0.15) is 18.2 Å². The van der Waals surface area contributed by atoms with Crippen molar-refractivity contribution >= 4 is 0 Å². The molecule has 0 spiro atoms. The highest BCUT2D eigenvalue weighted by atomic mass is 19.4. The predicted molar refractivity (Wildman–Crippen MR) is 59.3 cm³/mol. The van der Waals surface area contributed by atoms with Crippen LogP contribution in [0.4, 0.5) is 13.2 Å². The average molecular weight is 272 g/mol. The summed E-state index contributed by atoms with van der Waals surface area (Å²) in [5.74, 6) is 0.377. The van der Waals surface area contributed by atoms with E-state index in [1.165, 1.54) is 18.2 Å². The molecule has 0 radical (unpaired) electrons. The Kier molecular flexibility index (Phi) is 3.84. The second kappa shape index (κ2) is 5.40. The van der Waals surface area contributed by atoms with Crippen molar-refractivity contribution in [1.82, 2.24) is 10.1 Å². The Hall–Kier alpha value is -1.89. The number of aromatic nitrogens is 2. The molecule has 1 N–H and O–H groups in total. The van der Waals surface area contributed by atoms with Crippen LogP contribution >= 0.6 is 0 Å². The number of aliphatic hydroxyl groups is 1. The van der Waals surface area contributed by atoms with E-state index in [1.807, 2.05) is 0 Å². The van der Waals surface area contributed by atoms with Crippen molar-refractivity contribution in [2.75, 3.05) is 6.61 Å². The summed E-state index contributed by atoms with van der Waals surface area (Å²) in [5, 5.41) is 12.3. The summed E-state index contributed by atoms with van der Waals surface area (Å²) >= 11 is 0. The van der Waals surface area contributed by atoms with Crippen LogP contribution in [0.25, 0.3) is 0 Å². The fourth-order valence-electron chi connectivity index (χ4n) is 1.68. The second-order valence-corrected chi connectivity index (χ2v) is 3.91. The van der Waals surface area contributed by atoms with E-state index in [0.717, 1.165) is 6.07 Å². The van der Waals surface area contributed by atoms with Crippen molar-refractivity contribution in [1.29, 1.82) is 0 Å². The molecular weight excluding hydrogens is 261 g/mol. The van der Waals surface area contributed by atoms with Gasteiger partial charge >= 0.3 is 6.18 Å². The number of rotatable bonds is 4. The van der Waals surface area contributed by atoms with Crippen molar-refractivity contribution < 1.29 is 22.8 Å². The van der Waals surface area contributed by atoms with E-state index in [2.05, 4.69) is 10.1 Å². The van der Waals surface area contributed by atoms with E-state index < -0.39 is 11.7 Å². The van der Waals surface area contributed by atoms with Gasteiger partial charge in [-0.3, -0.25) is 0 Å². The maximum Gasteiger partial charge on any atom is 0.416 e. The normalized spacial score (nSPS) is 11.8. The molecule has 19 heavy (non-hydrogen) atoms.